The van der Waals surface area contributed by atoms with Gasteiger partial charge in [-0.05, 0) is 63.1 Å². The summed E-state index contributed by atoms with van der Waals surface area (Å²) < 4.78 is 21.3. The molecule has 176 valence electrons. The Balaban J connectivity index is 1.69. The van der Waals surface area contributed by atoms with Crippen molar-refractivity contribution in [3.05, 3.63) is 57.8 Å². The molecule has 3 unspecified atom stereocenters. The minimum absolute atomic E-state index is 0.0260. The van der Waals surface area contributed by atoms with E-state index in [9.17, 15) is 14.7 Å². The number of fused-ring (bicyclic) bond motifs is 2. The number of likely N-dealkylation sites (tertiary alicyclic amines) is 1. The van der Waals surface area contributed by atoms with Crippen LogP contribution in [-0.4, -0.2) is 58.1 Å². The highest BCUT2D eigenvalue weighted by Crippen LogP contribution is 2.50. The molecule has 1 fully saturated rings. The number of carbonyl (C=O) groups excluding carboxylic acids is 2. The van der Waals surface area contributed by atoms with Gasteiger partial charge in [0.2, 0.25) is 0 Å². The molecule has 2 aliphatic rings. The third-order valence-corrected chi connectivity index (χ3v) is 6.42. The molecule has 7 nitrogen and oxygen atoms in total. The quantitative estimate of drug-likeness (QED) is 0.585. The molecule has 1 aromatic carbocycles. The Labute approximate surface area is 201 Å². The van der Waals surface area contributed by atoms with E-state index in [4.69, 9.17) is 27.9 Å². The first-order valence-corrected chi connectivity index (χ1v) is 11.2. The summed E-state index contributed by atoms with van der Waals surface area (Å²) in [6, 6.07) is 7.87. The maximum Gasteiger partial charge on any atom is 0.412 e. The number of anilines is 1. The summed E-state index contributed by atoms with van der Waals surface area (Å²) in [4.78, 5) is 32.2. The molecule has 3 atom stereocenters. The fraction of sp³-hybridized carbons (Fsp3) is 0.435. The van der Waals surface area contributed by atoms with E-state index in [1.807, 2.05) is 0 Å². The molecule has 4 rings (SSSR count). The van der Waals surface area contributed by atoms with E-state index in [2.05, 4.69) is 4.98 Å². The van der Waals surface area contributed by atoms with Crippen molar-refractivity contribution in [2.75, 3.05) is 18.0 Å². The molecule has 0 radical (unpaired) electrons. The van der Waals surface area contributed by atoms with Crippen LogP contribution < -0.4 is 4.90 Å². The van der Waals surface area contributed by atoms with Crippen LogP contribution in [0.2, 0.25) is 10.2 Å². The number of amides is 2. The second kappa shape index (κ2) is 8.42. The van der Waals surface area contributed by atoms with E-state index in [0.717, 1.165) is 4.90 Å². The van der Waals surface area contributed by atoms with Crippen molar-refractivity contribution in [1.82, 2.24) is 9.88 Å². The van der Waals surface area contributed by atoms with E-state index in [1.54, 1.807) is 39.0 Å². The van der Waals surface area contributed by atoms with Gasteiger partial charge in [-0.15, -0.1) is 0 Å². The van der Waals surface area contributed by atoms with Gasteiger partial charge in [0, 0.05) is 35.6 Å². The number of aliphatic hydroxyl groups is 1. The van der Waals surface area contributed by atoms with Gasteiger partial charge in [0.1, 0.15) is 10.8 Å². The Kier molecular flexibility index (Phi) is 6.05. The van der Waals surface area contributed by atoms with Gasteiger partial charge in [0.15, 0.2) is 12.4 Å². The molecule has 1 aromatic heterocycles. The average molecular weight is 496 g/mol. The molecule has 1 N–H and O–H groups in total. The normalized spacial score (nSPS) is 24.7. The summed E-state index contributed by atoms with van der Waals surface area (Å²) >= 11 is 12.2. The molecular formula is C23H24Cl2FN3O4. The fourth-order valence-corrected chi connectivity index (χ4v) is 4.82. The monoisotopic (exact) mass is 495 g/mol. The molecule has 33 heavy (non-hydrogen) atoms. The van der Waals surface area contributed by atoms with Crippen molar-refractivity contribution in [3.63, 3.8) is 0 Å². The molecule has 2 aromatic rings. The van der Waals surface area contributed by atoms with Crippen LogP contribution in [-0.2, 0) is 10.2 Å². The molecule has 10 heteroatoms. The Morgan fingerprint density at radius 2 is 1.97 bits per heavy atom. The maximum atomic E-state index is 16.0. The number of hydrogen-bond acceptors (Lipinski definition) is 5. The lowest BCUT2D eigenvalue weighted by Gasteiger charge is -2.45. The molecule has 3 heterocycles. The number of benzene rings is 1. The van der Waals surface area contributed by atoms with Crippen LogP contribution in [0.3, 0.4) is 0 Å². The maximum absolute atomic E-state index is 16.0. The Morgan fingerprint density at radius 1 is 1.24 bits per heavy atom. The van der Waals surface area contributed by atoms with Crippen molar-refractivity contribution < 1.29 is 23.8 Å². The van der Waals surface area contributed by atoms with Crippen LogP contribution in [0.25, 0.3) is 0 Å². The van der Waals surface area contributed by atoms with E-state index in [-0.39, 0.29) is 30.6 Å². The minimum Gasteiger partial charge on any atom is -0.444 e. The summed E-state index contributed by atoms with van der Waals surface area (Å²) in [6.45, 7) is 5.10. The lowest BCUT2D eigenvalue weighted by Crippen LogP contribution is -2.61. The van der Waals surface area contributed by atoms with E-state index >= 15 is 4.39 Å². The first-order valence-electron chi connectivity index (χ1n) is 10.5. The number of rotatable bonds is 1. The second-order valence-electron chi connectivity index (χ2n) is 9.32. The highest BCUT2D eigenvalue weighted by Gasteiger charge is 2.57. The number of halogens is 3. The summed E-state index contributed by atoms with van der Waals surface area (Å²) in [7, 11) is 0. The number of carbonyl (C=O) groups is 2. The zero-order chi connectivity index (χ0) is 24.1. The van der Waals surface area contributed by atoms with Gasteiger partial charge in [-0.25, -0.2) is 14.2 Å². The molecule has 2 aliphatic heterocycles. The van der Waals surface area contributed by atoms with Crippen LogP contribution >= 0.6 is 23.2 Å². The number of pyridine rings is 1. The molecule has 0 bridgehead atoms. The topological polar surface area (TPSA) is 83.0 Å². The number of aliphatic hydroxyl groups excluding tert-OH is 1. The van der Waals surface area contributed by atoms with Crippen molar-refractivity contribution in [1.29, 1.82) is 0 Å². The second-order valence-corrected chi connectivity index (χ2v) is 10.1. The lowest BCUT2D eigenvalue weighted by molar-refractivity contribution is -0.107. The largest absolute Gasteiger partial charge is 0.444 e. The van der Waals surface area contributed by atoms with Gasteiger partial charge in [-0.1, -0.05) is 23.2 Å². The third kappa shape index (κ3) is 4.27. The van der Waals surface area contributed by atoms with Crippen molar-refractivity contribution in [2.24, 2.45) is 0 Å². The number of aromatic nitrogens is 1. The Morgan fingerprint density at radius 3 is 2.64 bits per heavy atom. The zero-order valence-electron chi connectivity index (χ0n) is 18.4. The zero-order valence-corrected chi connectivity index (χ0v) is 19.9. The fourth-order valence-electron chi connectivity index (χ4n) is 4.47. The molecular weight excluding hydrogens is 472 g/mol. The number of hydrogen-bond donors (Lipinski definition) is 1. The smallest absolute Gasteiger partial charge is 0.412 e. The summed E-state index contributed by atoms with van der Waals surface area (Å²) in [5, 5.41) is 11.3. The van der Waals surface area contributed by atoms with Crippen molar-refractivity contribution >= 4 is 40.9 Å². The van der Waals surface area contributed by atoms with E-state index in [0.29, 0.717) is 21.8 Å². The third-order valence-electron chi connectivity index (χ3n) is 5.98. The predicted molar refractivity (Wildman–Crippen MR) is 123 cm³/mol. The molecule has 0 aliphatic carbocycles. The van der Waals surface area contributed by atoms with Gasteiger partial charge in [0.25, 0.3) is 5.91 Å². The first-order chi connectivity index (χ1) is 15.4. The van der Waals surface area contributed by atoms with Crippen LogP contribution in [0.4, 0.5) is 14.9 Å². The average Bonchev–Trinajstić information content (AvgIpc) is 3.04. The van der Waals surface area contributed by atoms with Gasteiger partial charge in [-0.2, -0.15) is 0 Å². The summed E-state index contributed by atoms with van der Waals surface area (Å²) in [5.74, 6) is -0.379. The lowest BCUT2D eigenvalue weighted by atomic mass is 9.72. The first kappa shape index (κ1) is 23.7. The summed E-state index contributed by atoms with van der Waals surface area (Å²) in [5.41, 5.74) is -0.725. The molecule has 0 saturated carbocycles. The van der Waals surface area contributed by atoms with Gasteiger partial charge >= 0.3 is 6.09 Å². The molecule has 1 spiro atoms. The Hall–Kier alpha value is -2.42. The van der Waals surface area contributed by atoms with Gasteiger partial charge in [-0.3, -0.25) is 9.69 Å². The van der Waals surface area contributed by atoms with E-state index in [1.165, 1.54) is 23.2 Å². The number of alkyl halides is 1. The minimum atomic E-state index is -1.88. The highest BCUT2D eigenvalue weighted by molar-refractivity contribution is 6.31. The number of piperidine rings is 1. The number of ether oxygens (including phenoxy) is 1. The summed E-state index contributed by atoms with van der Waals surface area (Å²) in [6.07, 6.45) is -2.83. The standard InChI is InChI=1S/C23H24Cl2FN3O4/c1-22(2,3)33-21(32)28-9-7-23(18(26)20(28)31)12-29(16-5-4-14(24)11-15(16)23)19(30)13-6-8-27-17(25)10-13/h4-6,8,10-11,18,20,31H,7,9,12H2,1-3H3. The van der Waals surface area contributed by atoms with Gasteiger partial charge in [0.05, 0.1) is 5.41 Å². The van der Waals surface area contributed by atoms with Crippen LogP contribution in [0, 0.1) is 0 Å². The van der Waals surface area contributed by atoms with Crippen molar-refractivity contribution in [3.8, 4) is 0 Å². The molecule has 2 amide bonds. The van der Waals surface area contributed by atoms with Crippen molar-refractivity contribution in [2.45, 2.75) is 50.6 Å². The highest BCUT2D eigenvalue weighted by atomic mass is 35.5. The molecule has 1 saturated heterocycles. The number of nitrogens with zero attached hydrogens (tertiary/aromatic N) is 3. The SMILES string of the molecule is CC(C)(C)OC(=O)N1CCC2(CN(C(=O)c3ccnc(Cl)c3)c3ccc(Cl)cc32)C(F)C1O. The van der Waals surface area contributed by atoms with Gasteiger partial charge < -0.3 is 14.7 Å². The van der Waals surface area contributed by atoms with Crippen LogP contribution in [0.5, 0.6) is 0 Å². The Bertz CT molecular complexity index is 1110. The van der Waals surface area contributed by atoms with Crippen LogP contribution in [0.1, 0.15) is 43.1 Å². The predicted octanol–water partition coefficient (Wildman–Crippen LogP) is 4.58. The van der Waals surface area contributed by atoms with Crippen LogP contribution in [0.15, 0.2) is 36.5 Å². The van der Waals surface area contributed by atoms with E-state index < -0.39 is 29.5 Å².